The first-order chi connectivity index (χ1) is 17.3. The van der Waals surface area contributed by atoms with Gasteiger partial charge in [-0.15, -0.1) is 11.3 Å². The lowest BCUT2D eigenvalue weighted by Gasteiger charge is -2.43. The lowest BCUT2D eigenvalue weighted by Crippen LogP contribution is -2.35. The zero-order valence-corrected chi connectivity index (χ0v) is 24.0. The second-order valence-electron chi connectivity index (χ2n) is 13.2. The molecule has 0 aliphatic heterocycles. The van der Waals surface area contributed by atoms with Crippen LogP contribution in [-0.4, -0.2) is 9.97 Å². The fourth-order valence-corrected chi connectivity index (χ4v) is 8.02. The molecule has 1 aliphatic carbocycles. The topological polar surface area (TPSA) is 25.8 Å². The Morgan fingerprint density at radius 1 is 0.892 bits per heavy atom. The summed E-state index contributed by atoms with van der Waals surface area (Å²) in [6, 6.07) is 13.1. The van der Waals surface area contributed by atoms with Gasteiger partial charge in [0.1, 0.15) is 12.1 Å². The lowest BCUT2D eigenvalue weighted by atomic mass is 9.62. The highest BCUT2D eigenvalue weighted by Crippen LogP contribution is 2.54. The van der Waals surface area contributed by atoms with E-state index >= 15 is 4.39 Å². The Labute approximate surface area is 223 Å². The first kappa shape index (κ1) is 24.5. The summed E-state index contributed by atoms with van der Waals surface area (Å²) in [6.07, 6.45) is 3.75. The van der Waals surface area contributed by atoms with E-state index in [9.17, 15) is 0 Å². The predicted molar refractivity (Wildman–Crippen MR) is 157 cm³/mol. The van der Waals surface area contributed by atoms with Gasteiger partial charge in [0, 0.05) is 10.3 Å². The molecule has 190 valence electrons. The van der Waals surface area contributed by atoms with Crippen molar-refractivity contribution in [2.24, 2.45) is 0 Å². The molecule has 2 heterocycles. The van der Waals surface area contributed by atoms with Crippen molar-refractivity contribution in [1.82, 2.24) is 9.97 Å². The molecular formula is C33H35FN2S. The fraction of sp³-hybridized carbons (Fsp3) is 0.394. The summed E-state index contributed by atoms with van der Waals surface area (Å²) in [7, 11) is 0. The third kappa shape index (κ3) is 3.55. The van der Waals surface area contributed by atoms with Crippen LogP contribution in [0.5, 0.6) is 0 Å². The summed E-state index contributed by atoms with van der Waals surface area (Å²) in [4.78, 5) is 9.49. The molecule has 0 bridgehead atoms. The van der Waals surface area contributed by atoms with Crippen LogP contribution in [0.3, 0.4) is 0 Å². The number of fused-ring (bicyclic) bond motifs is 6. The average Bonchev–Trinajstić information content (AvgIpc) is 3.22. The van der Waals surface area contributed by atoms with E-state index < -0.39 is 0 Å². The van der Waals surface area contributed by atoms with Crippen LogP contribution >= 0.6 is 11.3 Å². The number of nitrogens with zero attached hydrogens (tertiary/aromatic N) is 2. The molecular weight excluding hydrogens is 475 g/mol. The number of aromatic nitrogens is 2. The summed E-state index contributed by atoms with van der Waals surface area (Å²) in [5.41, 5.74) is 7.13. The molecule has 4 heteroatoms. The molecule has 0 unspecified atom stereocenters. The monoisotopic (exact) mass is 510 g/mol. The summed E-state index contributed by atoms with van der Waals surface area (Å²) in [5, 5.41) is 3.13. The highest BCUT2D eigenvalue weighted by atomic mass is 32.1. The molecule has 0 saturated carbocycles. The molecule has 0 fully saturated rings. The van der Waals surface area contributed by atoms with Crippen molar-refractivity contribution in [3.8, 4) is 11.3 Å². The van der Waals surface area contributed by atoms with Gasteiger partial charge in [-0.1, -0.05) is 72.7 Å². The number of hydrogen-bond acceptors (Lipinski definition) is 3. The Hall–Kier alpha value is -2.85. The van der Waals surface area contributed by atoms with Gasteiger partial charge < -0.3 is 0 Å². The van der Waals surface area contributed by atoms with Crippen LogP contribution in [-0.2, 0) is 16.2 Å². The normalized spacial score (nSPS) is 17.0. The number of halogens is 1. The summed E-state index contributed by atoms with van der Waals surface area (Å²) in [5.74, 6) is -0.121. The minimum Gasteiger partial charge on any atom is -0.235 e. The van der Waals surface area contributed by atoms with Crippen molar-refractivity contribution in [3.05, 3.63) is 70.8 Å². The number of hydrogen-bond donors (Lipinski definition) is 0. The molecule has 0 N–H and O–H groups in total. The smallest absolute Gasteiger partial charge is 0.137 e. The predicted octanol–water partition coefficient (Wildman–Crippen LogP) is 9.76. The van der Waals surface area contributed by atoms with Gasteiger partial charge in [-0.05, 0) is 81.2 Å². The second kappa shape index (κ2) is 7.83. The quantitative estimate of drug-likeness (QED) is 0.224. The molecule has 0 saturated heterocycles. The van der Waals surface area contributed by atoms with E-state index in [1.807, 2.05) is 6.92 Å². The third-order valence-corrected chi connectivity index (χ3v) is 9.75. The van der Waals surface area contributed by atoms with Crippen molar-refractivity contribution in [3.63, 3.8) is 0 Å². The number of rotatable bonds is 1. The van der Waals surface area contributed by atoms with Gasteiger partial charge in [0.25, 0.3) is 0 Å². The summed E-state index contributed by atoms with van der Waals surface area (Å²) < 4.78 is 18.3. The zero-order valence-electron chi connectivity index (χ0n) is 23.1. The van der Waals surface area contributed by atoms with Crippen LogP contribution in [0.1, 0.15) is 83.6 Å². The van der Waals surface area contributed by atoms with Crippen LogP contribution < -0.4 is 0 Å². The molecule has 3 aromatic carbocycles. The maximum Gasteiger partial charge on any atom is 0.137 e. The van der Waals surface area contributed by atoms with Gasteiger partial charge in [0.05, 0.1) is 21.3 Å². The van der Waals surface area contributed by atoms with E-state index in [2.05, 4.69) is 89.8 Å². The Morgan fingerprint density at radius 3 is 2.27 bits per heavy atom. The van der Waals surface area contributed by atoms with Gasteiger partial charge >= 0.3 is 0 Å². The van der Waals surface area contributed by atoms with Crippen molar-refractivity contribution < 1.29 is 4.39 Å². The SMILES string of the molecule is Cc1c2c(c3sc4c(-c5cc(C(C)(C)C)c6ccccc6c5)ncnc4c3c1F)C(C)(C)CCC2(C)C. The first-order valence-electron chi connectivity index (χ1n) is 13.2. The summed E-state index contributed by atoms with van der Waals surface area (Å²) in [6.45, 7) is 17.9. The molecule has 0 atom stereocenters. The number of benzene rings is 3. The molecule has 2 nitrogen and oxygen atoms in total. The van der Waals surface area contributed by atoms with Gasteiger partial charge in [-0.2, -0.15) is 0 Å². The fourth-order valence-electron chi connectivity index (χ4n) is 6.53. The Morgan fingerprint density at radius 2 is 1.57 bits per heavy atom. The van der Waals surface area contributed by atoms with E-state index in [-0.39, 0.29) is 22.1 Å². The minimum absolute atomic E-state index is 0.0280. The molecule has 6 rings (SSSR count). The average molecular weight is 511 g/mol. The molecule has 37 heavy (non-hydrogen) atoms. The summed E-state index contributed by atoms with van der Waals surface area (Å²) >= 11 is 1.68. The maximum absolute atomic E-state index is 16.3. The largest absolute Gasteiger partial charge is 0.235 e. The number of thiophene rings is 1. The van der Waals surface area contributed by atoms with Crippen LogP contribution in [0.2, 0.25) is 0 Å². The van der Waals surface area contributed by atoms with Crippen LogP contribution in [0.25, 0.3) is 42.3 Å². The highest BCUT2D eigenvalue weighted by Gasteiger charge is 2.41. The van der Waals surface area contributed by atoms with Gasteiger partial charge in [0.15, 0.2) is 0 Å². The molecule has 0 amide bonds. The van der Waals surface area contributed by atoms with E-state index in [1.165, 1.54) is 27.5 Å². The van der Waals surface area contributed by atoms with E-state index in [4.69, 9.17) is 4.98 Å². The minimum atomic E-state index is -0.121. The van der Waals surface area contributed by atoms with Crippen molar-refractivity contribution in [2.75, 3.05) is 0 Å². The standard InChI is InChI=1S/C33H35FN2S/c1-18-24-25(33(7,8)14-13-32(24,5)6)29-23(26(18)34)28-30(37-29)27(35-17-36-28)20-15-19-11-9-10-12-21(19)22(16-20)31(2,3)4/h9-12,15-17H,13-14H2,1-8H3. The van der Waals surface area contributed by atoms with Crippen LogP contribution in [0.15, 0.2) is 42.7 Å². The Bertz CT molecular complexity index is 1730. The van der Waals surface area contributed by atoms with Crippen molar-refractivity contribution >= 4 is 42.4 Å². The third-order valence-electron chi connectivity index (χ3n) is 8.54. The first-order valence-corrected chi connectivity index (χ1v) is 14.1. The molecule has 2 aromatic heterocycles. The van der Waals surface area contributed by atoms with Crippen LogP contribution in [0.4, 0.5) is 4.39 Å². The molecule has 0 radical (unpaired) electrons. The van der Waals surface area contributed by atoms with Crippen molar-refractivity contribution in [2.45, 2.75) is 84.5 Å². The zero-order chi connectivity index (χ0) is 26.5. The molecule has 5 aromatic rings. The van der Waals surface area contributed by atoms with Crippen molar-refractivity contribution in [1.29, 1.82) is 0 Å². The van der Waals surface area contributed by atoms with Gasteiger partial charge in [-0.3, -0.25) is 0 Å². The van der Waals surface area contributed by atoms with E-state index in [1.54, 1.807) is 17.7 Å². The van der Waals surface area contributed by atoms with E-state index in [0.29, 0.717) is 5.39 Å². The Kier molecular flexibility index (Phi) is 5.18. The van der Waals surface area contributed by atoms with Crippen LogP contribution in [0, 0.1) is 12.7 Å². The molecule has 0 spiro atoms. The van der Waals surface area contributed by atoms with E-state index in [0.717, 1.165) is 44.6 Å². The second-order valence-corrected chi connectivity index (χ2v) is 14.2. The van der Waals surface area contributed by atoms with Gasteiger partial charge in [-0.25, -0.2) is 14.4 Å². The highest BCUT2D eigenvalue weighted by molar-refractivity contribution is 7.26. The van der Waals surface area contributed by atoms with Gasteiger partial charge in [0.2, 0.25) is 0 Å². The Balaban J connectivity index is 1.74. The lowest BCUT2D eigenvalue weighted by molar-refractivity contribution is 0.332. The maximum atomic E-state index is 16.3. The molecule has 1 aliphatic rings.